The summed E-state index contributed by atoms with van der Waals surface area (Å²) in [4.78, 5) is 23.0. The number of carbonyl (C=O) groups excluding carboxylic acids is 2. The highest BCUT2D eigenvalue weighted by molar-refractivity contribution is 6.31. The fraction of sp³-hybridized carbons (Fsp3) is 0.0667. The first-order chi connectivity index (χ1) is 10.6. The van der Waals surface area contributed by atoms with E-state index in [2.05, 4.69) is 16.0 Å². The van der Waals surface area contributed by atoms with E-state index in [4.69, 9.17) is 23.2 Å². The number of urea groups is 1. The maximum atomic E-state index is 11.8. The van der Waals surface area contributed by atoms with Crippen LogP contribution in [0.3, 0.4) is 0 Å². The molecule has 0 aliphatic heterocycles. The molecule has 7 heteroatoms. The predicted molar refractivity (Wildman–Crippen MR) is 89.9 cm³/mol. The Balaban J connectivity index is 1.93. The molecule has 0 heterocycles. The Hall–Kier alpha value is -2.24. The van der Waals surface area contributed by atoms with Crippen LogP contribution in [0.1, 0.15) is 0 Å². The summed E-state index contributed by atoms with van der Waals surface area (Å²) in [7, 11) is 0. The molecule has 0 aliphatic carbocycles. The summed E-state index contributed by atoms with van der Waals surface area (Å²) in [5, 5.41) is 8.48. The van der Waals surface area contributed by atoms with Gasteiger partial charge in [0.2, 0.25) is 5.91 Å². The van der Waals surface area contributed by atoms with Crippen LogP contribution < -0.4 is 16.0 Å². The van der Waals surface area contributed by atoms with Crippen LogP contribution in [0.25, 0.3) is 0 Å². The molecular formula is C15H13Cl2N3O2. The minimum absolute atomic E-state index is 0.109. The Morgan fingerprint density at radius 3 is 2.05 bits per heavy atom. The number of halogens is 2. The smallest absolute Gasteiger partial charge is 0.323 e. The molecule has 2 rings (SSSR count). The molecule has 0 spiro atoms. The van der Waals surface area contributed by atoms with Gasteiger partial charge in [0.05, 0.1) is 0 Å². The standard InChI is InChI=1S/C15H13Cl2N3O2/c16-9-14(21)18-11-4-6-12(7-5-11)19-15(22)20-13-3-1-2-10(17)8-13/h1-8H,9H2,(H,18,21)(H2,19,20,22). The van der Waals surface area contributed by atoms with Crippen molar-refractivity contribution in [3.05, 3.63) is 53.6 Å². The Kier molecular flexibility index (Phi) is 5.63. The molecule has 0 aliphatic rings. The Morgan fingerprint density at radius 2 is 1.45 bits per heavy atom. The summed E-state index contributed by atoms with van der Waals surface area (Å²) in [6, 6.07) is 13.1. The highest BCUT2D eigenvalue weighted by Crippen LogP contribution is 2.16. The Labute approximate surface area is 137 Å². The van der Waals surface area contributed by atoms with Gasteiger partial charge in [-0.2, -0.15) is 0 Å². The summed E-state index contributed by atoms with van der Waals surface area (Å²) in [6.45, 7) is 0. The fourth-order valence-electron chi connectivity index (χ4n) is 1.69. The molecule has 0 aromatic heterocycles. The van der Waals surface area contributed by atoms with E-state index in [1.807, 2.05) is 0 Å². The summed E-state index contributed by atoms with van der Waals surface area (Å²) in [5.74, 6) is -0.400. The van der Waals surface area contributed by atoms with E-state index in [9.17, 15) is 9.59 Å². The van der Waals surface area contributed by atoms with Crippen molar-refractivity contribution in [3.8, 4) is 0 Å². The second kappa shape index (κ2) is 7.68. The molecule has 114 valence electrons. The lowest BCUT2D eigenvalue weighted by Gasteiger charge is -2.09. The summed E-state index contributed by atoms with van der Waals surface area (Å²) < 4.78 is 0. The van der Waals surface area contributed by atoms with Crippen LogP contribution in [-0.4, -0.2) is 17.8 Å². The average Bonchev–Trinajstić information content (AvgIpc) is 2.49. The van der Waals surface area contributed by atoms with Crippen LogP contribution in [0.5, 0.6) is 0 Å². The van der Waals surface area contributed by atoms with Gasteiger partial charge in [-0.1, -0.05) is 17.7 Å². The van der Waals surface area contributed by atoms with Gasteiger partial charge in [0.25, 0.3) is 0 Å². The second-order valence-corrected chi connectivity index (χ2v) is 5.05. The topological polar surface area (TPSA) is 70.2 Å². The van der Waals surface area contributed by atoms with Crippen molar-refractivity contribution in [2.45, 2.75) is 0 Å². The van der Waals surface area contributed by atoms with E-state index >= 15 is 0 Å². The highest BCUT2D eigenvalue weighted by Gasteiger charge is 2.04. The van der Waals surface area contributed by atoms with Gasteiger partial charge in [0.1, 0.15) is 5.88 Å². The van der Waals surface area contributed by atoms with Gasteiger partial charge in [0.15, 0.2) is 0 Å². The number of alkyl halides is 1. The lowest BCUT2D eigenvalue weighted by molar-refractivity contribution is -0.113. The number of nitrogens with one attached hydrogen (secondary N) is 3. The monoisotopic (exact) mass is 337 g/mol. The molecule has 3 N–H and O–H groups in total. The Morgan fingerprint density at radius 1 is 0.864 bits per heavy atom. The molecule has 0 atom stereocenters. The number of rotatable bonds is 4. The summed E-state index contributed by atoms with van der Waals surface area (Å²) >= 11 is 11.2. The normalized spacial score (nSPS) is 9.91. The molecule has 5 nitrogen and oxygen atoms in total. The zero-order chi connectivity index (χ0) is 15.9. The van der Waals surface area contributed by atoms with Crippen LogP contribution in [0.2, 0.25) is 5.02 Å². The van der Waals surface area contributed by atoms with Crippen molar-refractivity contribution in [1.29, 1.82) is 0 Å². The lowest BCUT2D eigenvalue weighted by atomic mass is 10.3. The first-order valence-electron chi connectivity index (χ1n) is 6.36. The first kappa shape index (κ1) is 16.1. The molecule has 0 unspecified atom stereocenters. The average molecular weight is 338 g/mol. The van der Waals surface area contributed by atoms with Crippen LogP contribution >= 0.6 is 23.2 Å². The number of hydrogen-bond donors (Lipinski definition) is 3. The maximum Gasteiger partial charge on any atom is 0.323 e. The fourth-order valence-corrected chi connectivity index (χ4v) is 1.95. The third-order valence-corrected chi connectivity index (χ3v) is 3.11. The number of benzene rings is 2. The molecule has 0 saturated heterocycles. The van der Waals surface area contributed by atoms with Gasteiger partial charge in [0, 0.05) is 22.1 Å². The van der Waals surface area contributed by atoms with Gasteiger partial charge in [-0.25, -0.2) is 4.79 Å². The highest BCUT2D eigenvalue weighted by atomic mass is 35.5. The van der Waals surface area contributed by atoms with E-state index in [1.54, 1.807) is 48.5 Å². The van der Waals surface area contributed by atoms with Crippen molar-refractivity contribution >= 4 is 52.2 Å². The minimum Gasteiger partial charge on any atom is -0.325 e. The number of anilines is 3. The minimum atomic E-state index is -0.389. The molecule has 2 aromatic carbocycles. The van der Waals surface area contributed by atoms with Crippen molar-refractivity contribution in [1.82, 2.24) is 0 Å². The van der Waals surface area contributed by atoms with Crippen LogP contribution in [0.15, 0.2) is 48.5 Å². The van der Waals surface area contributed by atoms with Gasteiger partial charge in [-0.05, 0) is 42.5 Å². The molecule has 0 saturated carbocycles. The van der Waals surface area contributed by atoms with Gasteiger partial charge >= 0.3 is 6.03 Å². The van der Waals surface area contributed by atoms with E-state index < -0.39 is 0 Å². The molecule has 22 heavy (non-hydrogen) atoms. The summed E-state index contributed by atoms with van der Waals surface area (Å²) in [5.41, 5.74) is 1.78. The van der Waals surface area contributed by atoms with E-state index in [0.29, 0.717) is 22.1 Å². The van der Waals surface area contributed by atoms with Crippen LogP contribution in [0.4, 0.5) is 21.9 Å². The largest absolute Gasteiger partial charge is 0.325 e. The SMILES string of the molecule is O=C(CCl)Nc1ccc(NC(=O)Nc2cccc(Cl)c2)cc1. The third kappa shape index (κ3) is 4.95. The van der Waals surface area contributed by atoms with Gasteiger partial charge < -0.3 is 16.0 Å². The maximum absolute atomic E-state index is 11.8. The Bertz CT molecular complexity index is 675. The molecule has 0 fully saturated rings. The summed E-state index contributed by atoms with van der Waals surface area (Å²) in [6.07, 6.45) is 0. The van der Waals surface area contributed by atoms with E-state index in [-0.39, 0.29) is 17.8 Å². The zero-order valence-electron chi connectivity index (χ0n) is 11.4. The number of amides is 3. The van der Waals surface area contributed by atoms with Gasteiger partial charge in [-0.3, -0.25) is 4.79 Å². The van der Waals surface area contributed by atoms with E-state index in [0.717, 1.165) is 0 Å². The number of carbonyl (C=O) groups is 2. The second-order valence-electron chi connectivity index (χ2n) is 4.35. The zero-order valence-corrected chi connectivity index (χ0v) is 12.9. The molecule has 2 aromatic rings. The van der Waals surface area contributed by atoms with E-state index in [1.165, 1.54) is 0 Å². The van der Waals surface area contributed by atoms with Crippen LogP contribution in [0, 0.1) is 0 Å². The lowest BCUT2D eigenvalue weighted by Crippen LogP contribution is -2.19. The van der Waals surface area contributed by atoms with Crippen molar-refractivity contribution in [3.63, 3.8) is 0 Å². The third-order valence-electron chi connectivity index (χ3n) is 2.63. The van der Waals surface area contributed by atoms with Gasteiger partial charge in [-0.15, -0.1) is 11.6 Å². The first-order valence-corrected chi connectivity index (χ1v) is 7.27. The van der Waals surface area contributed by atoms with Crippen LogP contribution in [-0.2, 0) is 4.79 Å². The molecule has 0 bridgehead atoms. The molecule has 3 amide bonds. The quantitative estimate of drug-likeness (QED) is 0.733. The van der Waals surface area contributed by atoms with Crippen molar-refractivity contribution in [2.24, 2.45) is 0 Å². The molecule has 0 radical (unpaired) electrons. The molecular weight excluding hydrogens is 325 g/mol. The predicted octanol–water partition coefficient (Wildman–Crippen LogP) is 4.16. The van der Waals surface area contributed by atoms with Crippen molar-refractivity contribution in [2.75, 3.05) is 21.8 Å². The van der Waals surface area contributed by atoms with Crippen molar-refractivity contribution < 1.29 is 9.59 Å². The number of hydrogen-bond acceptors (Lipinski definition) is 2.